The van der Waals surface area contributed by atoms with Gasteiger partial charge in [0.15, 0.2) is 0 Å². The number of rotatable bonds is 7. The molecule has 5 nitrogen and oxygen atoms in total. The fourth-order valence-electron chi connectivity index (χ4n) is 1.23. The lowest BCUT2D eigenvalue weighted by molar-refractivity contribution is 0.0857. The van der Waals surface area contributed by atoms with E-state index in [0.717, 1.165) is 4.90 Å². The van der Waals surface area contributed by atoms with E-state index in [9.17, 15) is 13.5 Å². The highest BCUT2D eigenvalue weighted by Gasteiger charge is 2.17. The third kappa shape index (κ3) is 6.81. The van der Waals surface area contributed by atoms with Crippen molar-refractivity contribution in [1.82, 2.24) is 4.72 Å². The van der Waals surface area contributed by atoms with Crippen LogP contribution in [0.3, 0.4) is 0 Å². The van der Waals surface area contributed by atoms with Crippen LogP contribution in [0.2, 0.25) is 0 Å². The van der Waals surface area contributed by atoms with Crippen LogP contribution in [0.4, 0.5) is 5.69 Å². The Hall–Kier alpha value is -0.760. The SMILES string of the molecule is CC(C)(O)CNS(=O)(=O)CCSc1ccccc1N. The first-order valence-electron chi connectivity index (χ1n) is 5.87. The average Bonchev–Trinajstić information content (AvgIpc) is 2.28. The normalized spacial score (nSPS) is 12.6. The molecule has 0 amide bonds. The molecule has 0 heterocycles. The van der Waals surface area contributed by atoms with Crippen molar-refractivity contribution in [2.45, 2.75) is 24.3 Å². The molecule has 0 aliphatic heterocycles. The summed E-state index contributed by atoms with van der Waals surface area (Å²) >= 11 is 1.40. The molecule has 0 unspecified atom stereocenters. The van der Waals surface area contributed by atoms with E-state index in [1.165, 1.54) is 11.8 Å². The summed E-state index contributed by atoms with van der Waals surface area (Å²) in [5, 5.41) is 9.47. The standard InChI is InChI=1S/C12H20N2O3S2/c1-12(2,15)9-14-19(16,17)8-7-18-11-6-4-3-5-10(11)13/h3-6,14-15H,7-9,13H2,1-2H3. The maximum atomic E-state index is 11.7. The molecule has 1 aromatic rings. The van der Waals surface area contributed by atoms with Gasteiger partial charge in [0.05, 0.1) is 11.4 Å². The highest BCUT2D eigenvalue weighted by atomic mass is 32.2. The topological polar surface area (TPSA) is 92.4 Å². The molecular formula is C12H20N2O3S2. The van der Waals surface area contributed by atoms with Crippen molar-refractivity contribution >= 4 is 27.5 Å². The van der Waals surface area contributed by atoms with Gasteiger partial charge in [-0.1, -0.05) is 12.1 Å². The van der Waals surface area contributed by atoms with E-state index in [1.807, 2.05) is 18.2 Å². The maximum Gasteiger partial charge on any atom is 0.212 e. The van der Waals surface area contributed by atoms with Crippen molar-refractivity contribution in [3.63, 3.8) is 0 Å². The molecule has 0 saturated carbocycles. The summed E-state index contributed by atoms with van der Waals surface area (Å²) in [7, 11) is -3.37. The van der Waals surface area contributed by atoms with Gasteiger partial charge < -0.3 is 10.8 Å². The summed E-state index contributed by atoms with van der Waals surface area (Å²) in [6.45, 7) is 3.11. The first-order valence-corrected chi connectivity index (χ1v) is 8.50. The van der Waals surface area contributed by atoms with Gasteiger partial charge in [-0.05, 0) is 26.0 Å². The third-order valence-corrected chi connectivity index (χ3v) is 4.93. The van der Waals surface area contributed by atoms with Crippen molar-refractivity contribution < 1.29 is 13.5 Å². The van der Waals surface area contributed by atoms with E-state index in [0.29, 0.717) is 11.4 Å². The molecule has 0 atom stereocenters. The zero-order chi connectivity index (χ0) is 14.5. The summed E-state index contributed by atoms with van der Waals surface area (Å²) in [5.41, 5.74) is 5.36. The Morgan fingerprint density at radius 3 is 2.58 bits per heavy atom. The molecule has 1 rings (SSSR count). The Bertz CT molecular complexity index is 510. The van der Waals surface area contributed by atoms with Gasteiger partial charge >= 0.3 is 0 Å². The van der Waals surface area contributed by atoms with Gasteiger partial charge in [0.1, 0.15) is 0 Å². The Morgan fingerprint density at radius 2 is 2.00 bits per heavy atom. The molecular weight excluding hydrogens is 284 g/mol. The second-order valence-corrected chi connectivity index (χ2v) is 7.90. The summed E-state index contributed by atoms with van der Waals surface area (Å²) in [6, 6.07) is 7.33. The van der Waals surface area contributed by atoms with Crippen LogP contribution in [0.5, 0.6) is 0 Å². The predicted molar refractivity (Wildman–Crippen MR) is 79.7 cm³/mol. The number of nitrogen functional groups attached to an aromatic ring is 1. The van der Waals surface area contributed by atoms with Crippen molar-refractivity contribution in [2.75, 3.05) is 23.8 Å². The van der Waals surface area contributed by atoms with E-state index >= 15 is 0 Å². The molecule has 108 valence electrons. The molecule has 0 spiro atoms. The largest absolute Gasteiger partial charge is 0.398 e. The molecule has 0 bridgehead atoms. The van der Waals surface area contributed by atoms with Crippen LogP contribution < -0.4 is 10.5 Å². The Kier molecular flexibility index (Phi) is 5.66. The molecule has 0 saturated heterocycles. The van der Waals surface area contributed by atoms with Crippen LogP contribution >= 0.6 is 11.8 Å². The van der Waals surface area contributed by atoms with Crippen molar-refractivity contribution in [1.29, 1.82) is 0 Å². The molecule has 0 aliphatic carbocycles. The van der Waals surface area contributed by atoms with E-state index in [4.69, 9.17) is 5.73 Å². The Balaban J connectivity index is 2.42. The van der Waals surface area contributed by atoms with Crippen LogP contribution in [0, 0.1) is 0 Å². The van der Waals surface area contributed by atoms with Crippen molar-refractivity contribution in [3.8, 4) is 0 Å². The van der Waals surface area contributed by atoms with Crippen LogP contribution in [0.15, 0.2) is 29.2 Å². The van der Waals surface area contributed by atoms with E-state index in [2.05, 4.69) is 4.72 Å². The molecule has 4 N–H and O–H groups in total. The second-order valence-electron chi connectivity index (χ2n) is 4.84. The lowest BCUT2D eigenvalue weighted by Gasteiger charge is -2.17. The lowest BCUT2D eigenvalue weighted by Crippen LogP contribution is -2.39. The molecule has 19 heavy (non-hydrogen) atoms. The average molecular weight is 304 g/mol. The molecule has 7 heteroatoms. The predicted octanol–water partition coefficient (Wildman–Crippen LogP) is 1.05. The van der Waals surface area contributed by atoms with Gasteiger partial charge in [-0.25, -0.2) is 13.1 Å². The highest BCUT2D eigenvalue weighted by molar-refractivity contribution is 8.00. The van der Waals surface area contributed by atoms with E-state index < -0.39 is 15.6 Å². The van der Waals surface area contributed by atoms with Crippen molar-refractivity contribution in [3.05, 3.63) is 24.3 Å². The van der Waals surface area contributed by atoms with Crippen molar-refractivity contribution in [2.24, 2.45) is 0 Å². The smallest absolute Gasteiger partial charge is 0.212 e. The zero-order valence-corrected chi connectivity index (χ0v) is 12.7. The zero-order valence-electron chi connectivity index (χ0n) is 11.1. The molecule has 1 aromatic carbocycles. The maximum absolute atomic E-state index is 11.7. The molecule has 0 fully saturated rings. The number of sulfonamides is 1. The number of para-hydroxylation sites is 1. The van der Waals surface area contributed by atoms with Crippen LogP contribution in [0.25, 0.3) is 0 Å². The minimum atomic E-state index is -3.37. The van der Waals surface area contributed by atoms with Gasteiger partial charge in [-0.15, -0.1) is 11.8 Å². The number of hydrogen-bond donors (Lipinski definition) is 3. The monoisotopic (exact) mass is 304 g/mol. The number of aliphatic hydroxyl groups is 1. The number of anilines is 1. The molecule has 0 aromatic heterocycles. The number of nitrogens with two attached hydrogens (primary N) is 1. The fourth-order valence-corrected chi connectivity index (χ4v) is 3.79. The van der Waals surface area contributed by atoms with Gasteiger partial charge in [0.2, 0.25) is 10.0 Å². The fraction of sp³-hybridized carbons (Fsp3) is 0.500. The van der Waals surface area contributed by atoms with E-state index in [-0.39, 0.29) is 12.3 Å². The lowest BCUT2D eigenvalue weighted by atomic mass is 10.1. The van der Waals surface area contributed by atoms with Crippen LogP contribution in [-0.2, 0) is 10.0 Å². The summed E-state index contributed by atoms with van der Waals surface area (Å²) < 4.78 is 25.7. The minimum absolute atomic E-state index is 0.00742. The first-order chi connectivity index (χ1) is 8.70. The van der Waals surface area contributed by atoms with E-state index in [1.54, 1.807) is 19.9 Å². The molecule has 0 aliphatic rings. The highest BCUT2D eigenvalue weighted by Crippen LogP contribution is 2.24. The Labute approximate surface area is 118 Å². The minimum Gasteiger partial charge on any atom is -0.398 e. The number of benzene rings is 1. The van der Waals surface area contributed by atoms with Gasteiger partial charge in [-0.3, -0.25) is 0 Å². The summed E-state index contributed by atoms with van der Waals surface area (Å²) in [5.74, 6) is 0.400. The van der Waals surface area contributed by atoms with Gasteiger partial charge in [0.25, 0.3) is 0 Å². The number of thioether (sulfide) groups is 1. The number of hydrogen-bond acceptors (Lipinski definition) is 5. The Morgan fingerprint density at radius 1 is 1.37 bits per heavy atom. The second kappa shape index (κ2) is 6.60. The van der Waals surface area contributed by atoms with Crippen LogP contribution in [-0.4, -0.2) is 37.2 Å². The third-order valence-electron chi connectivity index (χ3n) is 2.25. The van der Waals surface area contributed by atoms with Gasteiger partial charge in [0, 0.05) is 22.9 Å². The summed E-state index contributed by atoms with van der Waals surface area (Å²) in [4.78, 5) is 0.875. The van der Waals surface area contributed by atoms with Crippen LogP contribution in [0.1, 0.15) is 13.8 Å². The number of nitrogens with one attached hydrogen (secondary N) is 1. The molecule has 0 radical (unpaired) electrons. The quantitative estimate of drug-likeness (QED) is 0.517. The van der Waals surface area contributed by atoms with Gasteiger partial charge in [-0.2, -0.15) is 0 Å². The summed E-state index contributed by atoms with van der Waals surface area (Å²) in [6.07, 6.45) is 0. The first kappa shape index (κ1) is 16.3.